The topological polar surface area (TPSA) is 67.1 Å². The van der Waals surface area contributed by atoms with Crippen molar-refractivity contribution in [1.82, 2.24) is 9.97 Å². The Bertz CT molecular complexity index is 389. The molecule has 1 aromatic heterocycles. The van der Waals surface area contributed by atoms with Crippen LogP contribution in [0.5, 0.6) is 0 Å². The van der Waals surface area contributed by atoms with Crippen molar-refractivity contribution >= 4 is 11.6 Å². The van der Waals surface area contributed by atoms with Crippen LogP contribution in [0, 0.1) is 5.92 Å². The van der Waals surface area contributed by atoms with E-state index in [-0.39, 0.29) is 0 Å². The van der Waals surface area contributed by atoms with Gasteiger partial charge in [-0.25, -0.2) is 15.8 Å². The average molecular weight is 249 g/mol. The molecule has 1 aromatic rings. The van der Waals surface area contributed by atoms with Gasteiger partial charge in [0.15, 0.2) is 0 Å². The first-order valence-electron chi connectivity index (χ1n) is 6.78. The molecule has 5 heteroatoms. The monoisotopic (exact) mass is 249 g/mol. The Labute approximate surface area is 109 Å². The van der Waals surface area contributed by atoms with Gasteiger partial charge in [-0.05, 0) is 25.2 Å². The molecule has 1 heterocycles. The van der Waals surface area contributed by atoms with Crippen molar-refractivity contribution in [3.8, 4) is 0 Å². The van der Waals surface area contributed by atoms with Crippen LogP contribution >= 0.6 is 0 Å². The highest BCUT2D eigenvalue weighted by atomic mass is 15.3. The lowest BCUT2D eigenvalue weighted by Crippen LogP contribution is -2.30. The quantitative estimate of drug-likeness (QED) is 0.596. The minimum atomic E-state index is 0.698. The van der Waals surface area contributed by atoms with Crippen molar-refractivity contribution in [3.05, 3.63) is 11.9 Å². The van der Waals surface area contributed by atoms with Gasteiger partial charge < -0.3 is 10.3 Å². The molecule has 1 aliphatic carbocycles. The van der Waals surface area contributed by atoms with Crippen molar-refractivity contribution in [2.45, 2.75) is 39.0 Å². The molecule has 18 heavy (non-hydrogen) atoms. The number of aryl methyl sites for hydroxylation is 1. The van der Waals surface area contributed by atoms with E-state index < -0.39 is 0 Å². The predicted molar refractivity (Wildman–Crippen MR) is 74.4 cm³/mol. The van der Waals surface area contributed by atoms with E-state index in [4.69, 9.17) is 5.84 Å². The summed E-state index contributed by atoms with van der Waals surface area (Å²) in [6.45, 7) is 3.20. The number of nitrogen functional groups attached to an aromatic ring is 1. The van der Waals surface area contributed by atoms with Gasteiger partial charge in [-0.15, -0.1) is 0 Å². The predicted octanol–water partition coefficient (Wildman–Crippen LogP) is 1.95. The van der Waals surface area contributed by atoms with Crippen molar-refractivity contribution < 1.29 is 0 Å². The van der Waals surface area contributed by atoms with Crippen LogP contribution in [0.1, 0.15) is 38.4 Å². The van der Waals surface area contributed by atoms with Gasteiger partial charge in [-0.1, -0.05) is 13.3 Å². The Morgan fingerprint density at radius 2 is 2.22 bits per heavy atom. The third-order valence-corrected chi connectivity index (χ3v) is 3.53. The van der Waals surface area contributed by atoms with Crippen molar-refractivity contribution in [2.75, 3.05) is 23.9 Å². The van der Waals surface area contributed by atoms with Crippen molar-refractivity contribution in [3.63, 3.8) is 0 Å². The van der Waals surface area contributed by atoms with E-state index in [0.717, 1.165) is 36.9 Å². The molecule has 0 atom stereocenters. The Hall–Kier alpha value is -1.36. The molecule has 0 bridgehead atoms. The summed E-state index contributed by atoms with van der Waals surface area (Å²) < 4.78 is 0. The first kappa shape index (κ1) is 13.1. The highest BCUT2D eigenvalue weighted by Crippen LogP contribution is 2.28. The summed E-state index contributed by atoms with van der Waals surface area (Å²) in [5, 5.41) is 0. The maximum Gasteiger partial charge on any atom is 0.145 e. The summed E-state index contributed by atoms with van der Waals surface area (Å²) in [5.74, 6) is 8.82. The van der Waals surface area contributed by atoms with Gasteiger partial charge in [0, 0.05) is 26.1 Å². The third kappa shape index (κ3) is 3.10. The first-order valence-corrected chi connectivity index (χ1v) is 6.78. The lowest BCUT2D eigenvalue weighted by molar-refractivity contribution is 0.321. The molecule has 0 unspecified atom stereocenters. The van der Waals surface area contributed by atoms with E-state index in [1.54, 1.807) is 0 Å². The van der Waals surface area contributed by atoms with E-state index in [2.05, 4.69) is 34.3 Å². The average Bonchev–Trinajstić information content (AvgIpc) is 2.33. The summed E-state index contributed by atoms with van der Waals surface area (Å²) >= 11 is 0. The zero-order chi connectivity index (χ0) is 13.0. The van der Waals surface area contributed by atoms with Gasteiger partial charge in [0.2, 0.25) is 0 Å². The zero-order valence-electron chi connectivity index (χ0n) is 11.3. The Balaban J connectivity index is 2.10. The number of hydrogen-bond donors (Lipinski definition) is 2. The molecule has 0 amide bonds. The van der Waals surface area contributed by atoms with E-state index in [0.29, 0.717) is 5.82 Å². The smallest absolute Gasteiger partial charge is 0.145 e. The Kier molecular flexibility index (Phi) is 4.36. The Morgan fingerprint density at radius 1 is 1.44 bits per heavy atom. The van der Waals surface area contributed by atoms with Crippen LogP contribution in [0.2, 0.25) is 0 Å². The number of rotatable bonds is 6. The van der Waals surface area contributed by atoms with Gasteiger partial charge in [-0.3, -0.25) is 0 Å². The highest BCUT2D eigenvalue weighted by molar-refractivity contribution is 5.48. The molecular weight excluding hydrogens is 226 g/mol. The van der Waals surface area contributed by atoms with Crippen molar-refractivity contribution in [1.29, 1.82) is 0 Å². The van der Waals surface area contributed by atoms with Gasteiger partial charge in [-0.2, -0.15) is 0 Å². The summed E-state index contributed by atoms with van der Waals surface area (Å²) in [6.07, 6.45) is 6.00. The van der Waals surface area contributed by atoms with Crippen LogP contribution < -0.4 is 16.2 Å². The largest absolute Gasteiger partial charge is 0.359 e. The van der Waals surface area contributed by atoms with E-state index in [9.17, 15) is 0 Å². The molecule has 0 saturated heterocycles. The Morgan fingerprint density at radius 3 is 2.78 bits per heavy atom. The lowest BCUT2D eigenvalue weighted by Gasteiger charge is -2.30. The number of aromatic nitrogens is 2. The summed E-state index contributed by atoms with van der Waals surface area (Å²) in [5.41, 5.74) is 2.62. The molecule has 2 rings (SSSR count). The molecule has 1 fully saturated rings. The van der Waals surface area contributed by atoms with Crippen LogP contribution in [0.4, 0.5) is 11.6 Å². The molecule has 0 aliphatic heterocycles. The highest BCUT2D eigenvalue weighted by Gasteiger charge is 2.20. The first-order chi connectivity index (χ1) is 8.72. The second-order valence-electron chi connectivity index (χ2n) is 5.10. The van der Waals surface area contributed by atoms with Crippen LogP contribution in [-0.4, -0.2) is 23.6 Å². The number of nitrogens with two attached hydrogens (primary N) is 1. The number of anilines is 2. The lowest BCUT2D eigenvalue weighted by atomic mass is 9.85. The van der Waals surface area contributed by atoms with Crippen molar-refractivity contribution in [2.24, 2.45) is 11.8 Å². The number of hydrazine groups is 1. The molecule has 5 nitrogen and oxygen atoms in total. The van der Waals surface area contributed by atoms with Gasteiger partial charge in [0.05, 0.1) is 0 Å². The van der Waals surface area contributed by atoms with Gasteiger partial charge >= 0.3 is 0 Å². The fraction of sp³-hybridized carbons (Fsp3) is 0.692. The fourth-order valence-corrected chi connectivity index (χ4v) is 2.24. The molecule has 1 saturated carbocycles. The van der Waals surface area contributed by atoms with Crippen LogP contribution in [0.15, 0.2) is 6.07 Å². The van der Waals surface area contributed by atoms with Gasteiger partial charge in [0.25, 0.3) is 0 Å². The maximum atomic E-state index is 5.46. The molecule has 0 spiro atoms. The number of nitrogens with one attached hydrogen (secondary N) is 1. The minimum Gasteiger partial charge on any atom is -0.359 e. The zero-order valence-corrected chi connectivity index (χ0v) is 11.3. The van der Waals surface area contributed by atoms with Crippen LogP contribution in [0.25, 0.3) is 0 Å². The van der Waals surface area contributed by atoms with E-state index >= 15 is 0 Å². The fourth-order valence-electron chi connectivity index (χ4n) is 2.24. The van der Waals surface area contributed by atoms with E-state index in [1.807, 2.05) is 6.07 Å². The molecule has 1 aliphatic rings. The molecule has 3 N–H and O–H groups in total. The molecular formula is C13H23N5. The molecule has 100 valence electrons. The standard InChI is InChI=1S/C13H23N5/c1-3-5-11-15-12(17-14)8-13(16-11)18(2)9-10-6-4-7-10/h8,10H,3-7,9,14H2,1-2H3,(H,15,16,17). The minimum absolute atomic E-state index is 0.698. The van der Waals surface area contributed by atoms with Gasteiger partial charge in [0.1, 0.15) is 17.5 Å². The third-order valence-electron chi connectivity index (χ3n) is 3.53. The normalized spacial score (nSPS) is 15.3. The molecule has 0 aromatic carbocycles. The summed E-state index contributed by atoms with van der Waals surface area (Å²) in [7, 11) is 2.09. The summed E-state index contributed by atoms with van der Waals surface area (Å²) in [6, 6.07) is 1.91. The second-order valence-corrected chi connectivity index (χ2v) is 5.10. The number of hydrogen-bond acceptors (Lipinski definition) is 5. The maximum absolute atomic E-state index is 5.46. The second kappa shape index (κ2) is 6.00. The van der Waals surface area contributed by atoms with Crippen LogP contribution in [0.3, 0.4) is 0 Å². The number of nitrogens with zero attached hydrogens (tertiary/aromatic N) is 3. The summed E-state index contributed by atoms with van der Waals surface area (Å²) in [4.78, 5) is 11.2. The van der Waals surface area contributed by atoms with E-state index in [1.165, 1.54) is 19.3 Å². The van der Waals surface area contributed by atoms with Crippen LogP contribution in [-0.2, 0) is 6.42 Å². The SMILES string of the molecule is CCCc1nc(NN)cc(N(C)CC2CCC2)n1. The molecule has 0 radical (unpaired) electrons.